The SMILES string of the molecule is Cc1cccc(C2/C(=C(/O)c3ccc(F)c(C)c3)C(=O)C(=O)N2CCCN(C)C)c1. The lowest BCUT2D eigenvalue weighted by molar-refractivity contribution is -0.139. The molecule has 1 unspecified atom stereocenters. The fraction of sp³-hybridized carbons (Fsp3) is 0.333. The average molecular weight is 410 g/mol. The van der Waals surface area contributed by atoms with Crippen LogP contribution in [-0.2, 0) is 9.59 Å². The van der Waals surface area contributed by atoms with Gasteiger partial charge in [0.25, 0.3) is 11.7 Å². The molecular formula is C24H27FN2O3. The number of aliphatic hydroxyl groups excluding tert-OH is 1. The number of benzene rings is 2. The summed E-state index contributed by atoms with van der Waals surface area (Å²) in [5.74, 6) is -2.02. The summed E-state index contributed by atoms with van der Waals surface area (Å²) >= 11 is 0. The van der Waals surface area contributed by atoms with E-state index >= 15 is 0 Å². The van der Waals surface area contributed by atoms with Crippen molar-refractivity contribution in [2.75, 3.05) is 27.2 Å². The molecule has 1 aliphatic heterocycles. The van der Waals surface area contributed by atoms with E-state index in [-0.39, 0.29) is 11.3 Å². The number of carbonyl (C=O) groups excluding carboxylic acids is 2. The number of Topliss-reactive ketones (excluding diaryl/α,β-unsaturated/α-hetero) is 1. The molecule has 1 heterocycles. The van der Waals surface area contributed by atoms with Crippen LogP contribution >= 0.6 is 0 Å². The molecule has 3 rings (SSSR count). The normalized spacial score (nSPS) is 18.5. The van der Waals surface area contributed by atoms with E-state index in [1.54, 1.807) is 6.92 Å². The standard InChI is InChI=1S/C24H27FN2O3/c1-15-7-5-8-17(13-15)21-20(22(28)18-9-10-19(25)16(2)14-18)23(29)24(30)27(21)12-6-11-26(3)4/h5,7-10,13-14,21,28H,6,11-12H2,1-4H3/b22-20-. The van der Waals surface area contributed by atoms with Gasteiger partial charge in [0.05, 0.1) is 11.6 Å². The number of amides is 1. The predicted molar refractivity (Wildman–Crippen MR) is 114 cm³/mol. The predicted octanol–water partition coefficient (Wildman–Crippen LogP) is 3.82. The van der Waals surface area contributed by atoms with Crippen LogP contribution in [-0.4, -0.2) is 53.8 Å². The van der Waals surface area contributed by atoms with Crippen molar-refractivity contribution in [3.8, 4) is 0 Å². The summed E-state index contributed by atoms with van der Waals surface area (Å²) in [6.45, 7) is 4.68. The van der Waals surface area contributed by atoms with Gasteiger partial charge in [0, 0.05) is 12.1 Å². The Hall–Kier alpha value is -2.99. The number of ketones is 1. The molecule has 6 heteroatoms. The molecule has 1 fully saturated rings. The first-order valence-electron chi connectivity index (χ1n) is 9.97. The molecule has 1 N–H and O–H groups in total. The number of likely N-dealkylation sites (tertiary alicyclic amines) is 1. The summed E-state index contributed by atoms with van der Waals surface area (Å²) in [6.07, 6.45) is 0.692. The van der Waals surface area contributed by atoms with Gasteiger partial charge in [-0.2, -0.15) is 0 Å². The van der Waals surface area contributed by atoms with E-state index in [0.717, 1.165) is 17.7 Å². The van der Waals surface area contributed by atoms with Crippen LogP contribution in [0.2, 0.25) is 0 Å². The van der Waals surface area contributed by atoms with Gasteiger partial charge in [-0.15, -0.1) is 0 Å². The molecule has 1 saturated heterocycles. The van der Waals surface area contributed by atoms with Crippen molar-refractivity contribution < 1.29 is 19.1 Å². The van der Waals surface area contributed by atoms with Crippen LogP contribution in [0, 0.1) is 19.7 Å². The van der Waals surface area contributed by atoms with Crippen molar-refractivity contribution in [1.29, 1.82) is 0 Å². The van der Waals surface area contributed by atoms with Crippen LogP contribution in [0.25, 0.3) is 5.76 Å². The summed E-state index contributed by atoms with van der Waals surface area (Å²) in [5, 5.41) is 11.0. The molecule has 0 spiro atoms. The number of halogens is 1. The minimum atomic E-state index is -0.717. The Labute approximate surface area is 176 Å². The third-order valence-corrected chi connectivity index (χ3v) is 5.33. The molecule has 1 atom stereocenters. The Morgan fingerprint density at radius 2 is 1.87 bits per heavy atom. The monoisotopic (exact) mass is 410 g/mol. The molecule has 0 saturated carbocycles. The second kappa shape index (κ2) is 8.79. The highest BCUT2D eigenvalue weighted by Gasteiger charge is 2.45. The van der Waals surface area contributed by atoms with Gasteiger partial charge in [0.2, 0.25) is 0 Å². The van der Waals surface area contributed by atoms with Gasteiger partial charge in [-0.05, 0) is 70.2 Å². The molecule has 5 nitrogen and oxygen atoms in total. The number of hydrogen-bond donors (Lipinski definition) is 1. The van der Waals surface area contributed by atoms with Gasteiger partial charge < -0.3 is 14.9 Å². The van der Waals surface area contributed by atoms with Crippen molar-refractivity contribution in [1.82, 2.24) is 9.80 Å². The highest BCUT2D eigenvalue weighted by molar-refractivity contribution is 6.46. The second-order valence-corrected chi connectivity index (χ2v) is 8.03. The van der Waals surface area contributed by atoms with Crippen molar-refractivity contribution in [2.45, 2.75) is 26.3 Å². The van der Waals surface area contributed by atoms with E-state index in [1.807, 2.05) is 50.2 Å². The lowest BCUT2D eigenvalue weighted by atomic mass is 9.94. The Morgan fingerprint density at radius 3 is 2.50 bits per heavy atom. The van der Waals surface area contributed by atoms with Crippen LogP contribution in [0.4, 0.5) is 4.39 Å². The van der Waals surface area contributed by atoms with Gasteiger partial charge in [0.1, 0.15) is 11.6 Å². The maximum Gasteiger partial charge on any atom is 0.295 e. The van der Waals surface area contributed by atoms with Crippen molar-refractivity contribution in [2.24, 2.45) is 0 Å². The van der Waals surface area contributed by atoms with E-state index in [1.165, 1.54) is 23.1 Å². The van der Waals surface area contributed by atoms with E-state index in [0.29, 0.717) is 24.1 Å². The molecule has 1 amide bonds. The minimum Gasteiger partial charge on any atom is -0.507 e. The van der Waals surface area contributed by atoms with Crippen molar-refractivity contribution >= 4 is 17.4 Å². The van der Waals surface area contributed by atoms with Crippen molar-refractivity contribution in [3.63, 3.8) is 0 Å². The topological polar surface area (TPSA) is 60.9 Å². The summed E-state index contributed by atoms with van der Waals surface area (Å²) in [6, 6.07) is 11.0. The maximum absolute atomic E-state index is 13.7. The molecule has 0 bridgehead atoms. The largest absolute Gasteiger partial charge is 0.507 e. The zero-order valence-electron chi connectivity index (χ0n) is 17.8. The van der Waals surface area contributed by atoms with Gasteiger partial charge >= 0.3 is 0 Å². The molecule has 1 aliphatic rings. The molecule has 0 radical (unpaired) electrons. The third kappa shape index (κ3) is 4.28. The lowest BCUT2D eigenvalue weighted by Gasteiger charge is -2.26. The van der Waals surface area contributed by atoms with Gasteiger partial charge in [-0.1, -0.05) is 29.8 Å². The number of hydrogen-bond acceptors (Lipinski definition) is 4. The Balaban J connectivity index is 2.12. The van der Waals surface area contributed by atoms with E-state index in [9.17, 15) is 19.1 Å². The van der Waals surface area contributed by atoms with Crippen LogP contribution in [0.15, 0.2) is 48.0 Å². The van der Waals surface area contributed by atoms with Gasteiger partial charge in [0.15, 0.2) is 0 Å². The Kier molecular flexibility index (Phi) is 6.37. The number of rotatable bonds is 6. The third-order valence-electron chi connectivity index (χ3n) is 5.33. The van der Waals surface area contributed by atoms with Crippen LogP contribution < -0.4 is 0 Å². The number of aliphatic hydroxyl groups is 1. The van der Waals surface area contributed by atoms with E-state index in [4.69, 9.17) is 0 Å². The summed E-state index contributed by atoms with van der Waals surface area (Å²) < 4.78 is 13.7. The number of nitrogens with zero attached hydrogens (tertiary/aromatic N) is 2. The lowest BCUT2D eigenvalue weighted by Crippen LogP contribution is -2.32. The number of carbonyl (C=O) groups is 2. The molecule has 30 heavy (non-hydrogen) atoms. The fourth-order valence-corrected chi connectivity index (χ4v) is 3.80. The zero-order valence-corrected chi connectivity index (χ0v) is 17.8. The Bertz CT molecular complexity index is 1010. The summed E-state index contributed by atoms with van der Waals surface area (Å²) in [4.78, 5) is 29.4. The quantitative estimate of drug-likeness (QED) is 0.447. The van der Waals surface area contributed by atoms with Crippen molar-refractivity contribution in [3.05, 3.63) is 76.1 Å². The molecular weight excluding hydrogens is 383 g/mol. The molecule has 2 aromatic rings. The molecule has 158 valence electrons. The first-order chi connectivity index (χ1) is 14.2. The van der Waals surface area contributed by atoms with Gasteiger partial charge in [-0.3, -0.25) is 9.59 Å². The average Bonchev–Trinajstić information content (AvgIpc) is 2.94. The first-order valence-corrected chi connectivity index (χ1v) is 9.97. The van der Waals surface area contributed by atoms with Gasteiger partial charge in [-0.25, -0.2) is 4.39 Å². The summed E-state index contributed by atoms with van der Waals surface area (Å²) in [7, 11) is 3.89. The zero-order chi connectivity index (χ0) is 22.0. The second-order valence-electron chi connectivity index (χ2n) is 8.03. The van der Waals surface area contributed by atoms with E-state index < -0.39 is 23.5 Å². The Morgan fingerprint density at radius 1 is 1.13 bits per heavy atom. The first kappa shape index (κ1) is 21.7. The van der Waals surface area contributed by atoms with Crippen LogP contribution in [0.3, 0.4) is 0 Å². The molecule has 0 aliphatic carbocycles. The van der Waals surface area contributed by atoms with Crippen LogP contribution in [0.1, 0.15) is 34.7 Å². The minimum absolute atomic E-state index is 0.0430. The smallest absolute Gasteiger partial charge is 0.295 e. The highest BCUT2D eigenvalue weighted by Crippen LogP contribution is 2.39. The summed E-state index contributed by atoms with van der Waals surface area (Å²) in [5.41, 5.74) is 2.47. The maximum atomic E-state index is 13.7. The molecule has 2 aromatic carbocycles. The van der Waals surface area contributed by atoms with Crippen LogP contribution in [0.5, 0.6) is 0 Å². The molecule has 0 aromatic heterocycles. The van der Waals surface area contributed by atoms with E-state index in [2.05, 4.69) is 0 Å². The number of aryl methyl sites for hydroxylation is 2. The highest BCUT2D eigenvalue weighted by atomic mass is 19.1. The fourth-order valence-electron chi connectivity index (χ4n) is 3.80.